The second-order valence-electron chi connectivity index (χ2n) is 9.78. The minimum atomic E-state index is -3.28. The molecule has 0 spiro atoms. The maximum atomic E-state index is 11.7. The van der Waals surface area contributed by atoms with E-state index in [0.29, 0.717) is 35.4 Å². The topological polar surface area (TPSA) is 102 Å². The van der Waals surface area contributed by atoms with E-state index < -0.39 is 20.1 Å². The molecule has 1 unspecified atom stereocenters. The Morgan fingerprint density at radius 2 is 1.65 bits per heavy atom. The van der Waals surface area contributed by atoms with Crippen molar-refractivity contribution in [1.82, 2.24) is 0 Å². The zero-order chi connectivity index (χ0) is 27.1. The van der Waals surface area contributed by atoms with Crippen molar-refractivity contribution >= 4 is 37.6 Å². The van der Waals surface area contributed by atoms with Gasteiger partial charge in [0.05, 0.1) is 11.5 Å². The summed E-state index contributed by atoms with van der Waals surface area (Å²) in [4.78, 5) is 1.21. The first-order valence-corrected chi connectivity index (χ1v) is 16.7. The molecule has 0 heterocycles. The van der Waals surface area contributed by atoms with Crippen molar-refractivity contribution in [3.05, 3.63) is 58.9 Å². The van der Waals surface area contributed by atoms with Crippen molar-refractivity contribution < 1.29 is 73.5 Å². The summed E-state index contributed by atoms with van der Waals surface area (Å²) in [6, 6.07) is 11.8. The number of hydrogen-bond donors (Lipinski definition) is 1. The molecule has 0 aliphatic heterocycles. The summed E-state index contributed by atoms with van der Waals surface area (Å²) in [5.41, 5.74) is 6.25. The van der Waals surface area contributed by atoms with Gasteiger partial charge in [0.1, 0.15) is 23.4 Å². The number of benzene rings is 2. The van der Waals surface area contributed by atoms with Crippen LogP contribution in [0.3, 0.4) is 0 Å². The molecule has 7 nitrogen and oxygen atoms in total. The van der Waals surface area contributed by atoms with E-state index in [-0.39, 0.29) is 67.1 Å². The molecule has 2 N–H and O–H groups in total. The van der Waals surface area contributed by atoms with E-state index >= 15 is 0 Å². The van der Waals surface area contributed by atoms with Gasteiger partial charge in [0.2, 0.25) is 0 Å². The normalized spacial score (nSPS) is 13.9. The first-order valence-electron chi connectivity index (χ1n) is 11.5. The number of ether oxygens (including phenoxy) is 2. The molecule has 0 aliphatic rings. The Morgan fingerprint density at radius 3 is 2.19 bits per heavy atom. The molecule has 0 amide bonds. The molecule has 0 saturated carbocycles. The third kappa shape index (κ3) is 11.7. The van der Waals surface area contributed by atoms with Gasteiger partial charge in [-0.25, -0.2) is 8.42 Å². The van der Waals surface area contributed by atoms with Gasteiger partial charge in [-0.3, -0.25) is 0 Å². The van der Waals surface area contributed by atoms with Gasteiger partial charge in [-0.2, -0.15) is 0 Å². The molecular weight excluding hydrogens is 556 g/mol. The monoisotopic (exact) mass is 594 g/mol. The summed E-state index contributed by atoms with van der Waals surface area (Å²) in [5.74, 6) is 2.14. The minimum Gasteiger partial charge on any atom is -0.676 e. The van der Waals surface area contributed by atoms with E-state index in [1.54, 1.807) is 24.4 Å². The summed E-state index contributed by atoms with van der Waals surface area (Å²) in [6.07, 6.45) is 6.86. The van der Waals surface area contributed by atoms with E-state index in [4.69, 9.17) is 19.4 Å². The molecule has 0 radical (unpaired) electrons. The summed E-state index contributed by atoms with van der Waals surface area (Å²) in [5, 5.41) is 4.63. The number of rotatable bonds is 12. The van der Waals surface area contributed by atoms with Crippen LogP contribution < -0.4 is 66.6 Å². The molecule has 1 atom stereocenters. The SMILES string of the molecule is C/C(=C/N)SC[N-]c1cc(Oc2ccc(S(C)(=O)=O)cc2)cc(OC(C)COS(C)(C)C(C)(C)C)c1.[K+]. The van der Waals surface area contributed by atoms with Crippen molar-refractivity contribution in [2.24, 2.45) is 5.73 Å². The number of nitrogens with two attached hydrogens (primary N) is 1. The number of thioether (sulfide) groups is 1. The number of sulfone groups is 1. The summed E-state index contributed by atoms with van der Waals surface area (Å²) in [7, 11) is -4.54. The Morgan fingerprint density at radius 1 is 1.05 bits per heavy atom. The van der Waals surface area contributed by atoms with Crippen molar-refractivity contribution in [3.63, 3.8) is 0 Å². The summed E-state index contributed by atoms with van der Waals surface area (Å²) in [6.45, 7) is 10.9. The maximum Gasteiger partial charge on any atom is 1.00 e. The maximum absolute atomic E-state index is 11.7. The molecular formula is C26H39KN2O5S3. The largest absolute Gasteiger partial charge is 1.00 e. The van der Waals surface area contributed by atoms with Crippen LogP contribution in [0.15, 0.2) is 58.5 Å². The second-order valence-corrected chi connectivity index (χ2v) is 16.9. The van der Waals surface area contributed by atoms with Gasteiger partial charge in [-0.15, -0.1) is 27.8 Å². The Bertz CT molecular complexity index is 1150. The Hall–Kier alpha value is -0.374. The van der Waals surface area contributed by atoms with E-state index in [1.165, 1.54) is 30.2 Å². The van der Waals surface area contributed by atoms with Gasteiger partial charge >= 0.3 is 51.4 Å². The Kier molecular flexibility index (Phi) is 13.9. The summed E-state index contributed by atoms with van der Waals surface area (Å²) < 4.78 is 42.0. The molecule has 0 bridgehead atoms. The van der Waals surface area contributed by atoms with E-state index in [1.807, 2.05) is 26.0 Å². The van der Waals surface area contributed by atoms with Crippen molar-refractivity contribution in [3.8, 4) is 17.2 Å². The van der Waals surface area contributed by atoms with Gasteiger partial charge in [-0.1, -0.05) is 26.6 Å². The van der Waals surface area contributed by atoms with Crippen LogP contribution in [0.5, 0.6) is 17.2 Å². The first kappa shape index (κ1) is 34.7. The average Bonchev–Trinajstić information content (AvgIpc) is 2.76. The van der Waals surface area contributed by atoms with Gasteiger partial charge in [0.15, 0.2) is 9.84 Å². The van der Waals surface area contributed by atoms with Crippen LogP contribution in [0.1, 0.15) is 34.6 Å². The standard InChI is InChI=1S/C26H39N2O5S3.K/c1-19(17-31-35(6,7)26(3,4)5)32-23-13-21(28-18-34-20(2)16-27)14-24(15-23)33-22-9-11-25(12-10-22)36(8,29)30;/h9-16,19H,17-18,27H2,1-8H3;/q-1;+1/b20-16-;. The van der Waals surface area contributed by atoms with E-state index in [2.05, 4.69) is 38.6 Å². The van der Waals surface area contributed by atoms with Crippen LogP contribution in [0, 0.1) is 0 Å². The molecule has 2 rings (SSSR count). The number of nitrogens with zero attached hydrogens (tertiary/aromatic N) is 1. The molecule has 11 heteroatoms. The molecule has 0 saturated heterocycles. The van der Waals surface area contributed by atoms with Crippen LogP contribution in [-0.2, 0) is 14.0 Å². The second kappa shape index (κ2) is 14.9. The average molecular weight is 595 g/mol. The molecule has 2 aromatic rings. The van der Waals surface area contributed by atoms with Crippen LogP contribution in [0.25, 0.3) is 5.32 Å². The molecule has 0 aromatic heterocycles. The van der Waals surface area contributed by atoms with Gasteiger partial charge in [0, 0.05) is 23.3 Å². The van der Waals surface area contributed by atoms with Crippen LogP contribution in [0.4, 0.5) is 5.69 Å². The van der Waals surface area contributed by atoms with Crippen LogP contribution >= 0.6 is 22.1 Å². The summed E-state index contributed by atoms with van der Waals surface area (Å²) >= 11 is 1.53. The molecule has 2 aromatic carbocycles. The zero-order valence-corrected chi connectivity index (χ0v) is 29.0. The van der Waals surface area contributed by atoms with E-state index in [9.17, 15) is 8.42 Å². The van der Waals surface area contributed by atoms with Crippen molar-refractivity contribution in [2.75, 3.05) is 31.3 Å². The third-order valence-corrected chi connectivity index (χ3v) is 11.2. The molecule has 0 fully saturated rings. The minimum absolute atomic E-state index is 0. The molecule has 202 valence electrons. The predicted molar refractivity (Wildman–Crippen MR) is 155 cm³/mol. The first-order chi connectivity index (χ1) is 16.6. The smallest absolute Gasteiger partial charge is 0.676 e. The van der Waals surface area contributed by atoms with Crippen LogP contribution in [-0.4, -0.2) is 50.5 Å². The van der Waals surface area contributed by atoms with Crippen molar-refractivity contribution in [2.45, 2.75) is 50.4 Å². The molecule has 37 heavy (non-hydrogen) atoms. The van der Waals surface area contributed by atoms with Crippen molar-refractivity contribution in [1.29, 1.82) is 0 Å². The fourth-order valence-electron chi connectivity index (χ4n) is 2.63. The Labute approximate surface area is 271 Å². The number of hydrogen-bond acceptors (Lipinski definition) is 7. The third-order valence-electron chi connectivity index (χ3n) is 5.54. The molecule has 0 aliphatic carbocycles. The van der Waals surface area contributed by atoms with Gasteiger partial charge in [0.25, 0.3) is 0 Å². The van der Waals surface area contributed by atoms with Gasteiger partial charge in [-0.05, 0) is 67.7 Å². The van der Waals surface area contributed by atoms with Crippen LogP contribution in [0.2, 0.25) is 0 Å². The Balaban J connectivity index is 0.00000684. The predicted octanol–water partition coefficient (Wildman–Crippen LogP) is 3.96. The quantitative estimate of drug-likeness (QED) is 0.371. The fraction of sp³-hybridized carbons (Fsp3) is 0.462. The van der Waals surface area contributed by atoms with Gasteiger partial charge < -0.3 is 24.7 Å². The van der Waals surface area contributed by atoms with E-state index in [0.717, 1.165) is 4.91 Å². The number of allylic oxidation sites excluding steroid dienone is 1. The zero-order valence-electron chi connectivity index (χ0n) is 23.4. The fourth-order valence-corrected chi connectivity index (χ4v) is 4.66.